The summed E-state index contributed by atoms with van der Waals surface area (Å²) < 4.78 is 5.27. The summed E-state index contributed by atoms with van der Waals surface area (Å²) in [7, 11) is 1.90. The number of carbonyl (C=O) groups is 1. The molecule has 1 aliphatic rings. The van der Waals surface area contributed by atoms with Gasteiger partial charge in [-0.25, -0.2) is 0 Å². The predicted octanol–water partition coefficient (Wildman–Crippen LogP) is 0.952. The highest BCUT2D eigenvalue weighted by atomic mass is 16.5. The summed E-state index contributed by atoms with van der Waals surface area (Å²) in [5.74, 6) is 0.119. The molecular formula is C14H21N3O2. The fourth-order valence-corrected chi connectivity index (χ4v) is 2.23. The number of benzene rings is 1. The van der Waals surface area contributed by atoms with Crippen LogP contribution in [0.3, 0.4) is 0 Å². The Kier molecular flexibility index (Phi) is 4.27. The molecule has 2 rings (SSSR count). The van der Waals surface area contributed by atoms with Gasteiger partial charge in [0.2, 0.25) is 5.91 Å². The highest BCUT2D eigenvalue weighted by Crippen LogP contribution is 2.23. The van der Waals surface area contributed by atoms with Crippen molar-refractivity contribution in [2.45, 2.75) is 13.0 Å². The third-order valence-electron chi connectivity index (χ3n) is 3.58. The molecule has 0 saturated carbocycles. The number of nitrogen functional groups attached to an aromatic ring is 1. The summed E-state index contributed by atoms with van der Waals surface area (Å²) in [5.41, 5.74) is 7.52. The lowest BCUT2D eigenvalue weighted by Gasteiger charge is -2.34. The highest BCUT2D eigenvalue weighted by molar-refractivity contribution is 5.86. The molecule has 2 N–H and O–H groups in total. The van der Waals surface area contributed by atoms with E-state index in [1.165, 1.54) is 0 Å². The number of nitrogens with two attached hydrogens (primary N) is 1. The van der Waals surface area contributed by atoms with E-state index in [0.29, 0.717) is 32.0 Å². The van der Waals surface area contributed by atoms with Gasteiger partial charge in [-0.1, -0.05) is 12.1 Å². The molecule has 1 amide bonds. The van der Waals surface area contributed by atoms with Gasteiger partial charge in [-0.2, -0.15) is 0 Å². The molecule has 0 spiro atoms. The van der Waals surface area contributed by atoms with Crippen LogP contribution in [0.4, 0.5) is 11.4 Å². The number of hydrogen-bond acceptors (Lipinski definition) is 4. The number of ether oxygens (including phenoxy) is 1. The van der Waals surface area contributed by atoms with E-state index >= 15 is 0 Å². The molecule has 0 bridgehead atoms. The van der Waals surface area contributed by atoms with Crippen molar-refractivity contribution in [3.05, 3.63) is 24.3 Å². The van der Waals surface area contributed by atoms with Gasteiger partial charge in [0.1, 0.15) is 6.04 Å². The minimum absolute atomic E-state index is 0.119. The van der Waals surface area contributed by atoms with Crippen LogP contribution in [-0.2, 0) is 9.53 Å². The third-order valence-corrected chi connectivity index (χ3v) is 3.58. The number of amides is 1. The molecule has 0 aliphatic carbocycles. The zero-order valence-electron chi connectivity index (χ0n) is 11.5. The number of carbonyl (C=O) groups excluding carboxylic acids is 1. The summed E-state index contributed by atoms with van der Waals surface area (Å²) in [6.07, 6.45) is 0. The van der Waals surface area contributed by atoms with E-state index in [1.54, 1.807) is 0 Å². The van der Waals surface area contributed by atoms with Crippen molar-refractivity contribution < 1.29 is 9.53 Å². The Morgan fingerprint density at radius 2 is 2.00 bits per heavy atom. The van der Waals surface area contributed by atoms with Crippen molar-refractivity contribution >= 4 is 17.3 Å². The quantitative estimate of drug-likeness (QED) is 0.825. The predicted molar refractivity (Wildman–Crippen MR) is 76.1 cm³/mol. The Morgan fingerprint density at radius 3 is 2.63 bits per heavy atom. The molecule has 1 heterocycles. The summed E-state index contributed by atoms with van der Waals surface area (Å²) in [6.45, 7) is 4.48. The zero-order valence-corrected chi connectivity index (χ0v) is 11.5. The second-order valence-corrected chi connectivity index (χ2v) is 4.78. The summed E-state index contributed by atoms with van der Waals surface area (Å²) in [4.78, 5) is 16.2. The molecule has 5 heteroatoms. The lowest BCUT2D eigenvalue weighted by Crippen LogP contribution is -2.49. The van der Waals surface area contributed by atoms with Crippen molar-refractivity contribution in [1.82, 2.24) is 4.90 Å². The lowest BCUT2D eigenvalue weighted by molar-refractivity contribution is -0.136. The zero-order chi connectivity index (χ0) is 13.8. The maximum absolute atomic E-state index is 12.4. The molecule has 1 aromatic rings. The first-order chi connectivity index (χ1) is 9.11. The molecular weight excluding hydrogens is 242 g/mol. The van der Waals surface area contributed by atoms with Gasteiger partial charge in [0.25, 0.3) is 0 Å². The fraction of sp³-hybridized carbons (Fsp3) is 0.500. The van der Waals surface area contributed by atoms with E-state index in [1.807, 2.05) is 48.0 Å². The van der Waals surface area contributed by atoms with Gasteiger partial charge in [0, 0.05) is 20.1 Å². The summed E-state index contributed by atoms with van der Waals surface area (Å²) >= 11 is 0. The fourth-order valence-electron chi connectivity index (χ4n) is 2.23. The SMILES string of the molecule is CC(C(=O)N1CCOCC1)N(C)c1ccccc1N. The van der Waals surface area contributed by atoms with E-state index in [9.17, 15) is 4.79 Å². The van der Waals surface area contributed by atoms with E-state index < -0.39 is 0 Å². The van der Waals surface area contributed by atoms with E-state index in [2.05, 4.69) is 0 Å². The van der Waals surface area contributed by atoms with E-state index in [-0.39, 0.29) is 11.9 Å². The summed E-state index contributed by atoms with van der Waals surface area (Å²) in [6, 6.07) is 7.36. The van der Waals surface area contributed by atoms with Crippen LogP contribution in [0.1, 0.15) is 6.92 Å². The van der Waals surface area contributed by atoms with Gasteiger partial charge in [-0.15, -0.1) is 0 Å². The Balaban J connectivity index is 2.08. The average molecular weight is 263 g/mol. The first-order valence-corrected chi connectivity index (χ1v) is 6.55. The molecule has 0 aromatic heterocycles. The van der Waals surface area contributed by atoms with Gasteiger partial charge in [0.05, 0.1) is 24.6 Å². The Bertz CT molecular complexity index is 444. The second-order valence-electron chi connectivity index (χ2n) is 4.78. The molecule has 5 nitrogen and oxygen atoms in total. The van der Waals surface area contributed by atoms with Crippen LogP contribution >= 0.6 is 0 Å². The van der Waals surface area contributed by atoms with E-state index in [4.69, 9.17) is 10.5 Å². The van der Waals surface area contributed by atoms with Crippen LogP contribution in [0, 0.1) is 0 Å². The van der Waals surface area contributed by atoms with Crippen LogP contribution < -0.4 is 10.6 Å². The maximum Gasteiger partial charge on any atom is 0.245 e. The highest BCUT2D eigenvalue weighted by Gasteiger charge is 2.26. The first-order valence-electron chi connectivity index (χ1n) is 6.55. The number of nitrogens with zero attached hydrogens (tertiary/aromatic N) is 2. The second kappa shape index (κ2) is 5.93. The number of morpholine rings is 1. The summed E-state index contributed by atoms with van der Waals surface area (Å²) in [5, 5.41) is 0. The Labute approximate surface area is 113 Å². The maximum atomic E-state index is 12.4. The van der Waals surface area contributed by atoms with Crippen molar-refractivity contribution in [2.75, 3.05) is 44.0 Å². The van der Waals surface area contributed by atoms with E-state index in [0.717, 1.165) is 5.69 Å². The van der Waals surface area contributed by atoms with Crippen LogP contribution in [0.5, 0.6) is 0 Å². The Hall–Kier alpha value is -1.75. The molecule has 1 fully saturated rings. The molecule has 19 heavy (non-hydrogen) atoms. The van der Waals surface area contributed by atoms with Crippen LogP contribution in [0.15, 0.2) is 24.3 Å². The average Bonchev–Trinajstić information content (AvgIpc) is 2.46. The third kappa shape index (κ3) is 2.98. The minimum atomic E-state index is -0.234. The van der Waals surface area contributed by atoms with Gasteiger partial charge in [-0.05, 0) is 19.1 Å². The normalized spacial score (nSPS) is 17.1. The largest absolute Gasteiger partial charge is 0.397 e. The number of likely N-dealkylation sites (N-methyl/N-ethyl adjacent to an activating group) is 1. The number of hydrogen-bond donors (Lipinski definition) is 1. The smallest absolute Gasteiger partial charge is 0.245 e. The molecule has 0 radical (unpaired) electrons. The van der Waals surface area contributed by atoms with Gasteiger partial charge >= 0.3 is 0 Å². The van der Waals surface area contributed by atoms with Crippen LogP contribution in [0.25, 0.3) is 0 Å². The van der Waals surface area contributed by atoms with Crippen molar-refractivity contribution in [3.8, 4) is 0 Å². The molecule has 1 saturated heterocycles. The lowest BCUT2D eigenvalue weighted by atomic mass is 10.2. The van der Waals surface area contributed by atoms with Crippen LogP contribution in [-0.4, -0.2) is 50.2 Å². The monoisotopic (exact) mass is 263 g/mol. The van der Waals surface area contributed by atoms with Crippen molar-refractivity contribution in [1.29, 1.82) is 0 Å². The van der Waals surface area contributed by atoms with Crippen LogP contribution in [0.2, 0.25) is 0 Å². The first kappa shape index (κ1) is 13.7. The number of rotatable bonds is 3. The van der Waals surface area contributed by atoms with Crippen molar-refractivity contribution in [2.24, 2.45) is 0 Å². The molecule has 1 atom stereocenters. The van der Waals surface area contributed by atoms with Gasteiger partial charge < -0.3 is 20.3 Å². The standard InChI is InChI=1S/C14H21N3O2/c1-11(14(18)17-7-9-19-10-8-17)16(2)13-6-4-3-5-12(13)15/h3-6,11H,7-10,15H2,1-2H3. The van der Waals surface area contributed by atoms with Gasteiger partial charge in [-0.3, -0.25) is 4.79 Å². The molecule has 1 aliphatic heterocycles. The molecule has 1 aromatic carbocycles. The number of anilines is 2. The molecule has 1 unspecified atom stereocenters. The Morgan fingerprint density at radius 1 is 1.37 bits per heavy atom. The molecule has 104 valence electrons. The van der Waals surface area contributed by atoms with Gasteiger partial charge in [0.15, 0.2) is 0 Å². The minimum Gasteiger partial charge on any atom is -0.397 e. The number of para-hydroxylation sites is 2. The van der Waals surface area contributed by atoms with Crippen molar-refractivity contribution in [3.63, 3.8) is 0 Å². The topological polar surface area (TPSA) is 58.8 Å².